The van der Waals surface area contributed by atoms with E-state index in [4.69, 9.17) is 11.6 Å². The Balaban J connectivity index is 1.64. The number of amides is 1. The molecule has 2 aliphatic rings. The molecule has 0 bridgehead atoms. The lowest BCUT2D eigenvalue weighted by Gasteiger charge is -2.28. The minimum Gasteiger partial charge on any atom is -0.370 e. The number of rotatable bonds is 6. The first-order valence-electron chi connectivity index (χ1n) is 12.4. The van der Waals surface area contributed by atoms with Gasteiger partial charge in [0.05, 0.1) is 5.69 Å². The van der Waals surface area contributed by atoms with Crippen molar-refractivity contribution < 1.29 is 13.2 Å². The Morgan fingerprint density at radius 1 is 0.853 bits per heavy atom. The van der Waals surface area contributed by atoms with E-state index >= 15 is 0 Å². The lowest BCUT2D eigenvalue weighted by atomic mass is 10.1. The SMILES string of the molecule is O=C(NCc1cccc(Cl)c1)c1ccc(N2CCCCCC2)c(S(=O)(=O)N2CCCCCC2)c1. The second kappa shape index (κ2) is 11.6. The number of benzene rings is 2. The number of carbonyl (C=O) groups excluding carboxylic acids is 1. The summed E-state index contributed by atoms with van der Waals surface area (Å²) in [6.07, 6.45) is 8.27. The molecule has 0 unspecified atom stereocenters. The lowest BCUT2D eigenvalue weighted by molar-refractivity contribution is 0.0950. The number of nitrogens with one attached hydrogen (secondary N) is 1. The molecule has 1 N–H and O–H groups in total. The molecule has 34 heavy (non-hydrogen) atoms. The summed E-state index contributed by atoms with van der Waals surface area (Å²) in [7, 11) is -3.71. The molecule has 2 fully saturated rings. The van der Waals surface area contributed by atoms with Crippen LogP contribution in [0.25, 0.3) is 0 Å². The number of carbonyl (C=O) groups is 1. The monoisotopic (exact) mass is 503 g/mol. The van der Waals surface area contributed by atoms with Crippen LogP contribution in [0.2, 0.25) is 5.02 Å². The average Bonchev–Trinajstić information content (AvgIpc) is 3.28. The van der Waals surface area contributed by atoms with Crippen LogP contribution in [0, 0.1) is 0 Å². The molecule has 184 valence electrons. The molecule has 0 radical (unpaired) electrons. The second-order valence-electron chi connectivity index (χ2n) is 9.21. The Kier molecular flexibility index (Phi) is 8.51. The third-order valence-electron chi connectivity index (χ3n) is 6.69. The molecule has 0 atom stereocenters. The van der Waals surface area contributed by atoms with Gasteiger partial charge in [0.15, 0.2) is 0 Å². The van der Waals surface area contributed by atoms with E-state index in [0.717, 1.165) is 75.7 Å². The van der Waals surface area contributed by atoms with E-state index in [1.807, 2.05) is 18.2 Å². The smallest absolute Gasteiger partial charge is 0.251 e. The summed E-state index contributed by atoms with van der Waals surface area (Å²) in [4.78, 5) is 15.4. The molecule has 2 aromatic carbocycles. The number of hydrogen-bond acceptors (Lipinski definition) is 4. The molecular weight excluding hydrogens is 470 g/mol. The Bertz CT molecular complexity index is 1090. The van der Waals surface area contributed by atoms with Crippen LogP contribution in [0.1, 0.15) is 67.3 Å². The van der Waals surface area contributed by atoms with Gasteiger partial charge in [0.2, 0.25) is 10.0 Å². The zero-order chi connectivity index (χ0) is 24.0. The highest BCUT2D eigenvalue weighted by molar-refractivity contribution is 7.89. The highest BCUT2D eigenvalue weighted by Gasteiger charge is 2.30. The van der Waals surface area contributed by atoms with E-state index < -0.39 is 10.0 Å². The van der Waals surface area contributed by atoms with Gasteiger partial charge in [-0.1, -0.05) is 49.4 Å². The largest absolute Gasteiger partial charge is 0.370 e. The van der Waals surface area contributed by atoms with Crippen molar-refractivity contribution in [1.82, 2.24) is 9.62 Å². The van der Waals surface area contributed by atoms with Gasteiger partial charge in [0, 0.05) is 43.3 Å². The lowest BCUT2D eigenvalue weighted by Crippen LogP contribution is -2.34. The third kappa shape index (κ3) is 6.12. The van der Waals surface area contributed by atoms with E-state index in [-0.39, 0.29) is 10.8 Å². The number of nitrogens with zero attached hydrogens (tertiary/aromatic N) is 2. The van der Waals surface area contributed by atoms with Crippen LogP contribution >= 0.6 is 11.6 Å². The van der Waals surface area contributed by atoms with Crippen LogP contribution in [0.3, 0.4) is 0 Å². The standard InChI is InChI=1S/C26H34ClN3O3S/c27-23-11-9-10-21(18-23)20-28-26(31)22-12-13-24(29-14-5-1-2-6-15-29)25(19-22)34(32,33)30-16-7-3-4-8-17-30/h9-13,18-19H,1-8,14-17,20H2,(H,28,31). The molecule has 0 saturated carbocycles. The molecule has 8 heteroatoms. The van der Waals surface area contributed by atoms with E-state index in [0.29, 0.717) is 30.2 Å². The summed E-state index contributed by atoms with van der Waals surface area (Å²) in [6.45, 7) is 3.06. The fourth-order valence-electron chi connectivity index (χ4n) is 4.79. The van der Waals surface area contributed by atoms with Crippen LogP contribution < -0.4 is 10.2 Å². The fourth-order valence-corrected chi connectivity index (χ4v) is 6.75. The van der Waals surface area contributed by atoms with Gasteiger partial charge in [0.1, 0.15) is 4.90 Å². The minimum atomic E-state index is -3.71. The maximum Gasteiger partial charge on any atom is 0.251 e. The van der Waals surface area contributed by atoms with Gasteiger partial charge in [-0.15, -0.1) is 0 Å². The first-order chi connectivity index (χ1) is 16.4. The van der Waals surface area contributed by atoms with Crippen LogP contribution in [-0.4, -0.2) is 44.8 Å². The van der Waals surface area contributed by atoms with Crippen molar-refractivity contribution in [3.63, 3.8) is 0 Å². The molecule has 0 aliphatic carbocycles. The third-order valence-corrected chi connectivity index (χ3v) is 8.86. The van der Waals surface area contributed by atoms with Crippen molar-refractivity contribution >= 4 is 33.2 Å². The van der Waals surface area contributed by atoms with E-state index in [1.165, 1.54) is 0 Å². The van der Waals surface area contributed by atoms with Gasteiger partial charge in [-0.2, -0.15) is 4.31 Å². The van der Waals surface area contributed by atoms with Crippen LogP contribution in [-0.2, 0) is 16.6 Å². The summed E-state index contributed by atoms with van der Waals surface area (Å²) >= 11 is 6.05. The summed E-state index contributed by atoms with van der Waals surface area (Å²) in [5, 5.41) is 3.51. The first kappa shape index (κ1) is 25.0. The van der Waals surface area contributed by atoms with Gasteiger partial charge in [-0.3, -0.25) is 4.79 Å². The Morgan fingerprint density at radius 3 is 2.15 bits per heavy atom. The van der Waals surface area contributed by atoms with Crippen LogP contribution in [0.15, 0.2) is 47.4 Å². The van der Waals surface area contributed by atoms with Crippen LogP contribution in [0.5, 0.6) is 0 Å². The molecule has 6 nitrogen and oxygen atoms in total. The zero-order valence-corrected chi connectivity index (χ0v) is 21.2. The second-order valence-corrected chi connectivity index (χ2v) is 11.6. The van der Waals surface area contributed by atoms with Crippen molar-refractivity contribution in [1.29, 1.82) is 0 Å². The summed E-state index contributed by atoms with van der Waals surface area (Å²) in [5.74, 6) is -0.297. The molecule has 2 aliphatic heterocycles. The Hall–Kier alpha value is -2.09. The topological polar surface area (TPSA) is 69.7 Å². The van der Waals surface area contributed by atoms with Gasteiger partial charge < -0.3 is 10.2 Å². The van der Waals surface area contributed by atoms with Gasteiger partial charge in [-0.05, 0) is 61.6 Å². The first-order valence-corrected chi connectivity index (χ1v) is 14.2. The number of hydrogen-bond donors (Lipinski definition) is 1. The number of sulfonamides is 1. The minimum absolute atomic E-state index is 0.256. The highest BCUT2D eigenvalue weighted by atomic mass is 35.5. The number of halogens is 1. The molecule has 0 aromatic heterocycles. The molecular formula is C26H34ClN3O3S. The molecule has 2 heterocycles. The molecule has 2 aromatic rings. The summed E-state index contributed by atoms with van der Waals surface area (Å²) in [6, 6.07) is 12.5. The maximum absolute atomic E-state index is 13.8. The van der Waals surface area contributed by atoms with Gasteiger partial charge >= 0.3 is 0 Å². The molecule has 2 saturated heterocycles. The van der Waals surface area contributed by atoms with E-state index in [2.05, 4.69) is 10.2 Å². The van der Waals surface area contributed by atoms with Crippen molar-refractivity contribution in [2.45, 2.75) is 62.8 Å². The van der Waals surface area contributed by atoms with E-state index in [9.17, 15) is 13.2 Å². The number of anilines is 1. The Labute approximate surface area is 208 Å². The van der Waals surface area contributed by atoms with Crippen molar-refractivity contribution in [3.8, 4) is 0 Å². The molecule has 0 spiro atoms. The van der Waals surface area contributed by atoms with E-state index in [1.54, 1.807) is 28.6 Å². The van der Waals surface area contributed by atoms with Crippen molar-refractivity contribution in [2.75, 3.05) is 31.1 Å². The van der Waals surface area contributed by atoms with Crippen molar-refractivity contribution in [3.05, 3.63) is 58.6 Å². The zero-order valence-electron chi connectivity index (χ0n) is 19.6. The maximum atomic E-state index is 13.8. The van der Waals surface area contributed by atoms with Gasteiger partial charge in [0.25, 0.3) is 5.91 Å². The highest BCUT2D eigenvalue weighted by Crippen LogP contribution is 2.32. The fraction of sp³-hybridized carbons (Fsp3) is 0.500. The van der Waals surface area contributed by atoms with Gasteiger partial charge in [-0.25, -0.2) is 8.42 Å². The molecule has 4 rings (SSSR count). The summed E-state index contributed by atoms with van der Waals surface area (Å²) < 4.78 is 29.3. The Morgan fingerprint density at radius 2 is 1.50 bits per heavy atom. The average molecular weight is 504 g/mol. The molecule has 1 amide bonds. The van der Waals surface area contributed by atoms with Crippen LogP contribution in [0.4, 0.5) is 5.69 Å². The predicted molar refractivity (Wildman–Crippen MR) is 137 cm³/mol. The quantitative estimate of drug-likeness (QED) is 0.587. The van der Waals surface area contributed by atoms with Crippen molar-refractivity contribution in [2.24, 2.45) is 0 Å². The summed E-state index contributed by atoms with van der Waals surface area (Å²) in [5.41, 5.74) is 1.96. The normalized spacial score (nSPS) is 18.2. The predicted octanol–water partition coefficient (Wildman–Crippen LogP) is 5.22.